The number of nitrogens with one attached hydrogen (secondary N) is 1. The van der Waals surface area contributed by atoms with Gasteiger partial charge in [-0.2, -0.15) is 15.5 Å². The van der Waals surface area contributed by atoms with Crippen molar-refractivity contribution in [1.29, 1.82) is 5.26 Å². The fourth-order valence-electron chi connectivity index (χ4n) is 12.5. The fraction of sp³-hybridized carbons (Fsp3) is 0.528. The maximum Gasteiger partial charge on any atom is 0.272 e. The van der Waals surface area contributed by atoms with Crippen molar-refractivity contribution in [2.75, 3.05) is 49.1 Å². The number of piperidine rings is 2. The smallest absolute Gasteiger partial charge is 0.272 e. The lowest BCUT2D eigenvalue weighted by molar-refractivity contribution is -0.129. The summed E-state index contributed by atoms with van der Waals surface area (Å²) in [6.45, 7) is 7.35. The van der Waals surface area contributed by atoms with Gasteiger partial charge in [0.15, 0.2) is 17.3 Å². The number of benzene rings is 2. The number of rotatable bonds is 10. The highest BCUT2D eigenvalue weighted by Crippen LogP contribution is 2.56. The van der Waals surface area contributed by atoms with Crippen LogP contribution in [0.4, 0.5) is 26.1 Å². The van der Waals surface area contributed by atoms with Crippen molar-refractivity contribution in [3.05, 3.63) is 93.5 Å². The van der Waals surface area contributed by atoms with Crippen LogP contribution >= 0.6 is 11.6 Å². The Morgan fingerprint density at radius 3 is 2.39 bits per heavy atom. The van der Waals surface area contributed by atoms with Crippen LogP contribution in [-0.2, 0) is 31.2 Å². The molecule has 18 heteroatoms. The molecule has 5 aromatic rings. The Hall–Kier alpha value is -6.12. The average Bonchev–Trinajstić information content (AvgIpc) is 3.99. The van der Waals surface area contributed by atoms with E-state index < -0.39 is 6.43 Å². The standard InChI is InChI=1S/C53H61ClF2N12O3/c1-33(69)66-21-15-47-44(32-66)51(67-18-3-4-34-24-42(36-30-58-63(2)31-36)43(50(55)56)26-48(34)67)62-68(47)39-27-53(28-39)16-22-64(23-17-53)38-13-19-65(20-14-38)49-12-11-46(60-61-49)52(70)59-37-6-9-40(10-7-37)71-41-8-5-35(29-57)45(54)25-41/h5,8,11-12,24-26,30-31,37-40,50H,3-4,6-7,9-10,13-23,27-28,32H2,1-2H3,(H,59,70). The third-order valence-corrected chi connectivity index (χ3v) is 16.8. The molecule has 11 rings (SSSR count). The third kappa shape index (κ3) is 9.45. The first-order valence-electron chi connectivity index (χ1n) is 25.5. The van der Waals surface area contributed by atoms with Crippen molar-refractivity contribution in [2.45, 2.75) is 128 Å². The summed E-state index contributed by atoms with van der Waals surface area (Å²) >= 11 is 6.18. The number of hydrogen-bond acceptors (Lipinski definition) is 11. The third-order valence-electron chi connectivity index (χ3n) is 16.5. The monoisotopic (exact) mass is 986 g/mol. The van der Waals surface area contributed by atoms with Crippen LogP contribution in [0, 0.1) is 16.7 Å². The molecule has 0 atom stereocenters. The number of hydrogen-bond donors (Lipinski definition) is 1. The predicted molar refractivity (Wildman–Crippen MR) is 265 cm³/mol. The van der Waals surface area contributed by atoms with E-state index in [4.69, 9.17) is 26.7 Å². The second-order valence-electron chi connectivity index (χ2n) is 20.8. The van der Waals surface area contributed by atoms with Crippen LogP contribution < -0.4 is 19.9 Å². The Labute approximate surface area is 418 Å². The molecule has 2 saturated carbocycles. The quantitative estimate of drug-likeness (QED) is 0.143. The summed E-state index contributed by atoms with van der Waals surface area (Å²) in [5.74, 6) is 2.07. The molecule has 7 heterocycles. The van der Waals surface area contributed by atoms with E-state index in [1.807, 2.05) is 17.0 Å². The van der Waals surface area contributed by atoms with Crippen molar-refractivity contribution in [3.63, 3.8) is 0 Å². The second kappa shape index (κ2) is 19.5. The van der Waals surface area contributed by atoms with Gasteiger partial charge in [0.1, 0.15) is 11.8 Å². The number of carbonyl (C=O) groups is 2. The highest BCUT2D eigenvalue weighted by Gasteiger charge is 2.49. The van der Waals surface area contributed by atoms with Gasteiger partial charge >= 0.3 is 0 Å². The lowest BCUT2D eigenvalue weighted by Gasteiger charge is -2.54. The number of nitriles is 1. The summed E-state index contributed by atoms with van der Waals surface area (Å²) < 4.78 is 39.6. The van der Waals surface area contributed by atoms with Gasteiger partial charge < -0.3 is 29.7 Å². The maximum absolute atomic E-state index is 14.8. The SMILES string of the molecule is CC(=O)N1CCc2c(c(N3CCCc4cc(-c5cnn(C)c5)c(C(F)F)cc43)nn2C2CC3(CCN(C4CCN(c5ccc(C(=O)NC6CCC(Oc7ccc(C#N)c(Cl)c7)CC6)nn5)CC4)CC3)C2)C1. The van der Waals surface area contributed by atoms with E-state index in [9.17, 15) is 18.4 Å². The molecule has 71 heavy (non-hydrogen) atoms. The molecule has 0 radical (unpaired) electrons. The molecular weight excluding hydrogens is 926 g/mol. The van der Waals surface area contributed by atoms with Gasteiger partial charge in [-0.1, -0.05) is 11.6 Å². The van der Waals surface area contributed by atoms with E-state index >= 15 is 0 Å². The number of nitrogens with zero attached hydrogens (tertiary/aromatic N) is 11. The average molecular weight is 988 g/mol. The van der Waals surface area contributed by atoms with E-state index in [1.165, 1.54) is 5.69 Å². The second-order valence-corrected chi connectivity index (χ2v) is 21.2. The number of ether oxygens (including phenoxy) is 1. The van der Waals surface area contributed by atoms with Crippen molar-refractivity contribution in [3.8, 4) is 22.9 Å². The first-order valence-corrected chi connectivity index (χ1v) is 25.9. The molecule has 2 saturated heterocycles. The lowest BCUT2D eigenvalue weighted by atomic mass is 9.60. The van der Waals surface area contributed by atoms with Crippen LogP contribution in [0.1, 0.15) is 128 Å². The van der Waals surface area contributed by atoms with Gasteiger partial charge in [0.2, 0.25) is 5.91 Å². The zero-order valence-electron chi connectivity index (χ0n) is 40.5. The van der Waals surface area contributed by atoms with E-state index in [0.29, 0.717) is 58.8 Å². The molecule has 2 aliphatic carbocycles. The molecule has 2 amide bonds. The van der Waals surface area contributed by atoms with Crippen molar-refractivity contribution in [1.82, 2.24) is 44.9 Å². The number of carbonyl (C=O) groups excluding carboxylic acids is 2. The molecule has 6 aliphatic rings. The first kappa shape index (κ1) is 47.2. The Kier molecular flexibility index (Phi) is 13.0. The topological polar surface area (TPSA) is 154 Å². The van der Waals surface area contributed by atoms with Gasteiger partial charge in [-0.25, -0.2) is 8.78 Å². The fourth-order valence-corrected chi connectivity index (χ4v) is 12.7. The van der Waals surface area contributed by atoms with Gasteiger partial charge in [0.05, 0.1) is 35.5 Å². The molecular formula is C53H61ClF2N12O3. The molecule has 1 spiro atoms. The number of fused-ring (bicyclic) bond motifs is 2. The Morgan fingerprint density at radius 1 is 0.930 bits per heavy atom. The Morgan fingerprint density at radius 2 is 1.72 bits per heavy atom. The largest absolute Gasteiger partial charge is 0.490 e. The van der Waals surface area contributed by atoms with Crippen molar-refractivity contribution >= 4 is 40.7 Å². The van der Waals surface area contributed by atoms with Gasteiger partial charge in [-0.15, -0.1) is 10.2 Å². The minimum Gasteiger partial charge on any atom is -0.490 e. The highest BCUT2D eigenvalue weighted by atomic mass is 35.5. The summed E-state index contributed by atoms with van der Waals surface area (Å²) in [6, 6.07) is 15.3. The number of amides is 2. The van der Waals surface area contributed by atoms with E-state index in [0.717, 1.165) is 138 Å². The van der Waals surface area contributed by atoms with Crippen LogP contribution in [0.2, 0.25) is 5.02 Å². The van der Waals surface area contributed by atoms with E-state index in [1.54, 1.807) is 61.4 Å². The first-order chi connectivity index (χ1) is 34.4. The minimum atomic E-state index is -2.65. The summed E-state index contributed by atoms with van der Waals surface area (Å²) in [4.78, 5) is 34.9. The van der Waals surface area contributed by atoms with Gasteiger partial charge in [-0.05, 0) is 143 Å². The number of halogens is 3. The van der Waals surface area contributed by atoms with E-state index in [-0.39, 0.29) is 41.0 Å². The number of anilines is 3. The molecule has 2 aromatic carbocycles. The van der Waals surface area contributed by atoms with Crippen LogP contribution in [0.15, 0.2) is 54.9 Å². The number of aryl methyl sites for hydroxylation is 2. The number of aromatic nitrogens is 6. The van der Waals surface area contributed by atoms with Crippen molar-refractivity contribution in [2.24, 2.45) is 12.5 Å². The van der Waals surface area contributed by atoms with Gasteiger partial charge in [-0.3, -0.25) is 19.0 Å². The van der Waals surface area contributed by atoms with Gasteiger partial charge in [0.25, 0.3) is 12.3 Å². The molecule has 3 aromatic heterocycles. The summed E-state index contributed by atoms with van der Waals surface area (Å²) in [5.41, 5.74) is 6.27. The number of likely N-dealkylation sites (tertiary alicyclic amines) is 1. The predicted octanol–water partition coefficient (Wildman–Crippen LogP) is 8.73. The van der Waals surface area contributed by atoms with Crippen LogP contribution in [0.25, 0.3) is 11.1 Å². The lowest BCUT2D eigenvalue weighted by Crippen LogP contribution is -2.53. The van der Waals surface area contributed by atoms with Crippen molar-refractivity contribution < 1.29 is 23.1 Å². The molecule has 1 N–H and O–H groups in total. The highest BCUT2D eigenvalue weighted by molar-refractivity contribution is 6.31. The Balaban J connectivity index is 0.677. The minimum absolute atomic E-state index is 0.00468. The molecule has 0 bridgehead atoms. The van der Waals surface area contributed by atoms with Crippen LogP contribution in [0.5, 0.6) is 5.75 Å². The summed E-state index contributed by atoms with van der Waals surface area (Å²) in [7, 11) is 1.79. The van der Waals surface area contributed by atoms with E-state index in [2.05, 4.69) is 46.1 Å². The molecule has 15 nitrogen and oxygen atoms in total. The maximum atomic E-state index is 14.8. The zero-order chi connectivity index (χ0) is 49.0. The number of alkyl halides is 2. The molecule has 4 aliphatic heterocycles. The summed E-state index contributed by atoms with van der Waals surface area (Å²) in [6.07, 6.45) is 12.9. The molecule has 0 unspecified atom stereocenters. The molecule has 372 valence electrons. The molecule has 4 fully saturated rings. The normalized spacial score (nSPS) is 21.7. The van der Waals surface area contributed by atoms with Crippen LogP contribution in [-0.4, -0.2) is 109 Å². The van der Waals surface area contributed by atoms with Gasteiger partial charge in [0, 0.05) is 99.0 Å². The van der Waals surface area contributed by atoms with Crippen LogP contribution in [0.3, 0.4) is 0 Å². The zero-order valence-corrected chi connectivity index (χ0v) is 41.3. The summed E-state index contributed by atoms with van der Waals surface area (Å²) in [5, 5.41) is 31.1. The Bertz CT molecular complexity index is 2830.